The molecule has 1 saturated heterocycles. The van der Waals surface area contributed by atoms with Crippen LogP contribution >= 0.6 is 0 Å². The van der Waals surface area contributed by atoms with Gasteiger partial charge >= 0.3 is 6.18 Å². The number of nitrogens with two attached hydrogens (primary N) is 1. The first-order valence-electron chi connectivity index (χ1n) is 13.9. The van der Waals surface area contributed by atoms with E-state index in [-0.39, 0.29) is 85.3 Å². The molecule has 0 aromatic heterocycles. The van der Waals surface area contributed by atoms with Crippen molar-refractivity contribution in [3.8, 4) is 5.75 Å². The molecule has 1 amide bonds. The number of phenols is 1. The number of likely N-dealkylation sites (N-methyl/N-ethyl adjacent to an activating group) is 1. The monoisotopic (exact) mass is 597 g/mol. The fourth-order valence-corrected chi connectivity index (χ4v) is 7.51. The molecule has 0 radical (unpaired) electrons. The van der Waals surface area contributed by atoms with Crippen LogP contribution < -0.4 is 5.73 Å². The Balaban J connectivity index is 1.52. The second-order valence-electron chi connectivity index (χ2n) is 12.1. The number of aromatic hydroxyl groups is 1. The zero-order chi connectivity index (χ0) is 30.9. The number of rotatable bonds is 5. The lowest BCUT2D eigenvalue weighted by Crippen LogP contribution is -2.60. The molecular weight excluding hydrogens is 562 g/mol. The Hall–Kier alpha value is -3.16. The number of likely N-dealkylation sites (tertiary alicyclic amines) is 1. The number of carbonyl (C=O) groups excluding carboxylic acids is 2. The molecule has 0 bridgehead atoms. The van der Waals surface area contributed by atoms with Crippen LogP contribution in [0.15, 0.2) is 28.7 Å². The summed E-state index contributed by atoms with van der Waals surface area (Å²) < 4.78 is 61.1. The maximum Gasteiger partial charge on any atom is 0.391 e. The van der Waals surface area contributed by atoms with Crippen LogP contribution in [-0.2, 0) is 22.5 Å². The van der Waals surface area contributed by atoms with Crippen LogP contribution in [0.2, 0.25) is 0 Å². The van der Waals surface area contributed by atoms with Crippen molar-refractivity contribution >= 4 is 11.7 Å². The van der Waals surface area contributed by atoms with Crippen molar-refractivity contribution < 1.29 is 47.2 Å². The SMILES string of the molecule is CO[C@@]12CC(C(N)=O)=C(O)[C@@H](N(C)C)[C@@H]1C[C@@H]1Cc3c(F)c(CN4CCC(C(F)(F)F)CC4)cc(O)c3C(=O)C1=C2O. The van der Waals surface area contributed by atoms with Gasteiger partial charge in [0.1, 0.15) is 28.7 Å². The van der Waals surface area contributed by atoms with Crippen LogP contribution in [0.5, 0.6) is 5.75 Å². The lowest BCUT2D eigenvalue weighted by atomic mass is 9.59. The van der Waals surface area contributed by atoms with Crippen LogP contribution in [0.4, 0.5) is 17.6 Å². The first kappa shape index (κ1) is 30.3. The Morgan fingerprint density at radius 1 is 1.21 bits per heavy atom. The summed E-state index contributed by atoms with van der Waals surface area (Å²) in [4.78, 5) is 29.4. The number of Topliss-reactive ketones (excluding diaryl/α,β-unsaturated/α-hetero) is 1. The largest absolute Gasteiger partial charge is 0.510 e. The molecule has 1 aromatic rings. The van der Waals surface area contributed by atoms with Gasteiger partial charge in [0.05, 0.1) is 23.1 Å². The highest BCUT2D eigenvalue weighted by molar-refractivity contribution is 6.13. The van der Waals surface area contributed by atoms with Gasteiger partial charge in [0.2, 0.25) is 5.91 Å². The summed E-state index contributed by atoms with van der Waals surface area (Å²) in [5.74, 6) is -6.35. The van der Waals surface area contributed by atoms with E-state index in [0.29, 0.717) is 0 Å². The average Bonchev–Trinajstić information content (AvgIpc) is 2.90. The Morgan fingerprint density at radius 2 is 1.86 bits per heavy atom. The minimum Gasteiger partial charge on any atom is -0.510 e. The van der Waals surface area contributed by atoms with E-state index in [0.717, 1.165) is 6.07 Å². The number of primary amides is 1. The zero-order valence-electron chi connectivity index (χ0n) is 23.6. The number of fused-ring (bicyclic) bond motifs is 3. The number of hydrogen-bond acceptors (Lipinski definition) is 8. The predicted molar refractivity (Wildman–Crippen MR) is 142 cm³/mol. The van der Waals surface area contributed by atoms with Crippen molar-refractivity contribution in [3.05, 3.63) is 51.2 Å². The Labute approximate surface area is 240 Å². The number of halogens is 4. The van der Waals surface area contributed by atoms with E-state index < -0.39 is 64.6 Å². The van der Waals surface area contributed by atoms with Crippen molar-refractivity contribution in [2.24, 2.45) is 23.5 Å². The summed E-state index contributed by atoms with van der Waals surface area (Å²) in [6.45, 7) is 0.193. The average molecular weight is 598 g/mol. The number of piperidine rings is 1. The summed E-state index contributed by atoms with van der Waals surface area (Å²) >= 11 is 0. The molecular formula is C29H35F4N3O6. The fourth-order valence-electron chi connectivity index (χ4n) is 7.51. The molecule has 9 nitrogen and oxygen atoms in total. The molecule has 3 aliphatic carbocycles. The van der Waals surface area contributed by atoms with E-state index in [1.54, 1.807) is 23.9 Å². The van der Waals surface area contributed by atoms with Crippen molar-refractivity contribution in [2.75, 3.05) is 34.3 Å². The predicted octanol–water partition coefficient (Wildman–Crippen LogP) is 3.51. The molecule has 5 rings (SSSR count). The Bertz CT molecular complexity index is 1380. The number of phenolic OH excluding ortho intramolecular Hbond substituents is 1. The number of hydrogen-bond donors (Lipinski definition) is 4. The lowest BCUT2D eigenvalue weighted by molar-refractivity contribution is -0.185. The molecule has 1 aromatic carbocycles. The molecule has 4 atom stereocenters. The molecule has 0 unspecified atom stereocenters. The molecule has 42 heavy (non-hydrogen) atoms. The number of ketones is 1. The number of ether oxygens (including phenoxy) is 1. The summed E-state index contributed by atoms with van der Waals surface area (Å²) in [6, 6.07) is 0.303. The third-order valence-corrected chi connectivity index (χ3v) is 9.61. The van der Waals surface area contributed by atoms with Gasteiger partial charge in [-0.25, -0.2) is 4.39 Å². The van der Waals surface area contributed by atoms with Crippen LogP contribution in [0, 0.1) is 23.6 Å². The number of aliphatic hydroxyl groups excluding tert-OH is 2. The highest BCUT2D eigenvalue weighted by atomic mass is 19.4. The van der Waals surface area contributed by atoms with E-state index in [1.165, 1.54) is 7.11 Å². The minimum absolute atomic E-state index is 0.0264. The summed E-state index contributed by atoms with van der Waals surface area (Å²) in [5, 5.41) is 33.5. The van der Waals surface area contributed by atoms with E-state index in [9.17, 15) is 38.1 Å². The van der Waals surface area contributed by atoms with Crippen molar-refractivity contribution in [1.82, 2.24) is 9.80 Å². The number of benzene rings is 1. The second-order valence-corrected chi connectivity index (χ2v) is 12.1. The van der Waals surface area contributed by atoms with Gasteiger partial charge < -0.3 is 25.8 Å². The zero-order valence-corrected chi connectivity index (χ0v) is 23.6. The van der Waals surface area contributed by atoms with E-state index in [4.69, 9.17) is 10.5 Å². The van der Waals surface area contributed by atoms with Gasteiger partial charge in [0.15, 0.2) is 5.78 Å². The van der Waals surface area contributed by atoms with Crippen molar-refractivity contribution in [2.45, 2.75) is 56.5 Å². The number of amides is 1. The highest BCUT2D eigenvalue weighted by Gasteiger charge is 2.59. The molecule has 13 heteroatoms. The van der Waals surface area contributed by atoms with Gasteiger partial charge in [-0.15, -0.1) is 0 Å². The molecule has 1 heterocycles. The van der Waals surface area contributed by atoms with Crippen LogP contribution in [0.3, 0.4) is 0 Å². The molecule has 230 valence electrons. The third-order valence-electron chi connectivity index (χ3n) is 9.61. The molecule has 0 spiro atoms. The normalized spacial score (nSPS) is 29.0. The third kappa shape index (κ3) is 4.65. The molecule has 0 saturated carbocycles. The maximum absolute atomic E-state index is 16.0. The van der Waals surface area contributed by atoms with Gasteiger partial charge in [-0.1, -0.05) is 0 Å². The smallest absolute Gasteiger partial charge is 0.391 e. The number of aliphatic hydroxyl groups is 2. The number of alkyl halides is 3. The van der Waals surface area contributed by atoms with E-state index in [1.807, 2.05) is 0 Å². The summed E-state index contributed by atoms with van der Waals surface area (Å²) in [7, 11) is 4.66. The van der Waals surface area contributed by atoms with Crippen LogP contribution in [0.1, 0.15) is 47.2 Å². The highest BCUT2D eigenvalue weighted by Crippen LogP contribution is 2.55. The maximum atomic E-state index is 16.0. The lowest BCUT2D eigenvalue weighted by Gasteiger charge is -2.53. The number of nitrogens with zero attached hydrogens (tertiary/aromatic N) is 2. The summed E-state index contributed by atoms with van der Waals surface area (Å²) in [5.41, 5.74) is 3.52. The van der Waals surface area contributed by atoms with Gasteiger partial charge in [-0.2, -0.15) is 13.2 Å². The first-order chi connectivity index (χ1) is 19.6. The molecule has 4 aliphatic rings. The van der Waals surface area contributed by atoms with Gasteiger partial charge in [-0.05, 0) is 64.9 Å². The van der Waals surface area contributed by atoms with E-state index in [2.05, 4.69) is 0 Å². The van der Waals surface area contributed by atoms with Crippen LogP contribution in [0.25, 0.3) is 0 Å². The second kappa shape index (κ2) is 10.5. The first-order valence-corrected chi connectivity index (χ1v) is 13.9. The van der Waals surface area contributed by atoms with Crippen molar-refractivity contribution in [3.63, 3.8) is 0 Å². The van der Waals surface area contributed by atoms with Crippen molar-refractivity contribution in [1.29, 1.82) is 0 Å². The number of carbonyl (C=O) groups is 2. The summed E-state index contributed by atoms with van der Waals surface area (Å²) in [6.07, 6.45) is -4.65. The Kier molecular flexibility index (Phi) is 7.60. The topological polar surface area (TPSA) is 137 Å². The quantitative estimate of drug-likeness (QED) is 0.379. The minimum atomic E-state index is -4.28. The molecule has 1 fully saturated rings. The molecule has 5 N–H and O–H groups in total. The molecule has 1 aliphatic heterocycles. The van der Waals surface area contributed by atoms with Gasteiger partial charge in [0, 0.05) is 42.7 Å². The Morgan fingerprint density at radius 3 is 2.40 bits per heavy atom. The standard InChI is InChI=1S/C29H35F4N3O6/c1-35(2)23-18-9-13-8-16-21(25(39)20(13)26(40)28(18,42-3)11-17(24(23)38)27(34)41)19(37)10-14(22(16)30)12-36-6-4-15(5-7-36)29(31,32)33/h10,13,15,18,23,37-38,40H,4-9,11-12H2,1-3H3,(H2,34,41)/t13-,18-,23-,28-/m0/s1. The van der Waals surface area contributed by atoms with Gasteiger partial charge in [-0.3, -0.25) is 19.4 Å². The van der Waals surface area contributed by atoms with Gasteiger partial charge in [0.25, 0.3) is 0 Å². The fraction of sp³-hybridized carbons (Fsp3) is 0.586. The number of methoxy groups -OCH3 is 1. The van der Waals surface area contributed by atoms with E-state index >= 15 is 4.39 Å². The van der Waals surface area contributed by atoms with Crippen LogP contribution in [-0.4, -0.2) is 88.9 Å². The number of allylic oxidation sites excluding steroid dienone is 1.